The SMILES string of the molecule is CC(C)N(O)c1ccnc(Cl)c1. The maximum absolute atomic E-state index is 9.47. The van der Waals surface area contributed by atoms with Gasteiger partial charge < -0.3 is 0 Å². The van der Waals surface area contributed by atoms with Crippen molar-refractivity contribution in [1.82, 2.24) is 4.98 Å². The van der Waals surface area contributed by atoms with E-state index >= 15 is 0 Å². The van der Waals surface area contributed by atoms with Crippen LogP contribution in [0.1, 0.15) is 13.8 Å². The van der Waals surface area contributed by atoms with E-state index in [9.17, 15) is 5.21 Å². The van der Waals surface area contributed by atoms with Crippen LogP contribution in [0.4, 0.5) is 5.69 Å². The molecule has 12 heavy (non-hydrogen) atoms. The first kappa shape index (κ1) is 9.29. The number of hydroxylamine groups is 1. The Kier molecular flexibility index (Phi) is 2.89. The molecule has 0 bridgehead atoms. The van der Waals surface area contributed by atoms with Crippen molar-refractivity contribution in [3.63, 3.8) is 0 Å². The van der Waals surface area contributed by atoms with Gasteiger partial charge in [0, 0.05) is 12.3 Å². The fourth-order valence-electron chi connectivity index (χ4n) is 0.833. The molecule has 0 atom stereocenters. The smallest absolute Gasteiger partial charge is 0.131 e. The van der Waals surface area contributed by atoms with E-state index in [1.807, 2.05) is 13.8 Å². The first-order chi connectivity index (χ1) is 5.61. The average molecular weight is 187 g/mol. The van der Waals surface area contributed by atoms with Gasteiger partial charge in [0.1, 0.15) is 5.15 Å². The lowest BCUT2D eigenvalue weighted by atomic mass is 10.3. The number of nitrogens with zero attached hydrogens (tertiary/aromatic N) is 2. The first-order valence-electron chi connectivity index (χ1n) is 3.71. The molecule has 0 aliphatic heterocycles. The molecule has 66 valence electrons. The quantitative estimate of drug-likeness (QED) is 0.569. The van der Waals surface area contributed by atoms with Gasteiger partial charge >= 0.3 is 0 Å². The lowest BCUT2D eigenvalue weighted by Gasteiger charge is -2.20. The summed E-state index contributed by atoms with van der Waals surface area (Å²) in [6.45, 7) is 3.77. The van der Waals surface area contributed by atoms with Crippen molar-refractivity contribution < 1.29 is 5.21 Å². The normalized spacial score (nSPS) is 10.4. The Bertz CT molecular complexity index is 265. The number of aromatic nitrogens is 1. The van der Waals surface area contributed by atoms with Gasteiger partial charge in [0.05, 0.1) is 11.7 Å². The largest absolute Gasteiger partial charge is 0.288 e. The van der Waals surface area contributed by atoms with Crippen LogP contribution in [0.3, 0.4) is 0 Å². The minimum Gasteiger partial charge on any atom is -0.288 e. The van der Waals surface area contributed by atoms with Crippen molar-refractivity contribution in [3.8, 4) is 0 Å². The number of hydrogen-bond donors (Lipinski definition) is 1. The van der Waals surface area contributed by atoms with E-state index < -0.39 is 0 Å². The summed E-state index contributed by atoms with van der Waals surface area (Å²) in [5.41, 5.74) is 0.657. The van der Waals surface area contributed by atoms with Gasteiger partial charge in [0.2, 0.25) is 0 Å². The van der Waals surface area contributed by atoms with Gasteiger partial charge in [-0.15, -0.1) is 0 Å². The predicted molar refractivity (Wildman–Crippen MR) is 48.6 cm³/mol. The predicted octanol–water partition coefficient (Wildman–Crippen LogP) is 2.34. The second-order valence-electron chi connectivity index (χ2n) is 2.78. The molecule has 0 unspecified atom stereocenters. The Morgan fingerprint density at radius 3 is 2.75 bits per heavy atom. The maximum Gasteiger partial charge on any atom is 0.131 e. The molecule has 1 heterocycles. The van der Waals surface area contributed by atoms with Crippen LogP contribution in [0, 0.1) is 0 Å². The Balaban J connectivity index is 2.88. The number of halogens is 1. The minimum absolute atomic E-state index is 0.0310. The average Bonchev–Trinajstić information content (AvgIpc) is 2.03. The monoisotopic (exact) mass is 186 g/mol. The van der Waals surface area contributed by atoms with Crippen LogP contribution in [0.25, 0.3) is 0 Å². The van der Waals surface area contributed by atoms with Crippen molar-refractivity contribution in [2.75, 3.05) is 5.06 Å². The molecule has 0 amide bonds. The first-order valence-corrected chi connectivity index (χ1v) is 4.08. The van der Waals surface area contributed by atoms with Gasteiger partial charge in [-0.2, -0.15) is 0 Å². The van der Waals surface area contributed by atoms with Gasteiger partial charge in [-0.25, -0.2) is 4.98 Å². The highest BCUT2D eigenvalue weighted by atomic mass is 35.5. The summed E-state index contributed by atoms with van der Waals surface area (Å²) < 4.78 is 0. The van der Waals surface area contributed by atoms with E-state index in [0.29, 0.717) is 10.8 Å². The lowest BCUT2D eigenvalue weighted by Crippen LogP contribution is -2.26. The molecule has 0 aromatic carbocycles. The van der Waals surface area contributed by atoms with Crippen LogP contribution in [-0.2, 0) is 0 Å². The molecule has 1 aromatic rings. The molecular formula is C8H11ClN2O. The van der Waals surface area contributed by atoms with Crippen LogP contribution < -0.4 is 5.06 Å². The van der Waals surface area contributed by atoms with Crippen LogP contribution in [0.15, 0.2) is 18.3 Å². The summed E-state index contributed by atoms with van der Waals surface area (Å²) in [6, 6.07) is 3.34. The number of rotatable bonds is 2. The van der Waals surface area contributed by atoms with E-state index in [0.717, 1.165) is 5.06 Å². The molecule has 0 spiro atoms. The van der Waals surface area contributed by atoms with Crippen molar-refractivity contribution in [3.05, 3.63) is 23.5 Å². The third-order valence-electron chi connectivity index (χ3n) is 1.46. The topological polar surface area (TPSA) is 36.4 Å². The Morgan fingerprint density at radius 1 is 1.58 bits per heavy atom. The van der Waals surface area contributed by atoms with E-state index in [4.69, 9.17) is 11.6 Å². The fourth-order valence-corrected chi connectivity index (χ4v) is 1.00. The number of anilines is 1. The van der Waals surface area contributed by atoms with Gasteiger partial charge in [0.25, 0.3) is 0 Å². The fraction of sp³-hybridized carbons (Fsp3) is 0.375. The molecule has 4 heteroatoms. The van der Waals surface area contributed by atoms with Gasteiger partial charge in [-0.3, -0.25) is 10.3 Å². The molecule has 0 fully saturated rings. The maximum atomic E-state index is 9.47. The summed E-state index contributed by atoms with van der Waals surface area (Å²) in [4.78, 5) is 3.81. The van der Waals surface area contributed by atoms with Crippen LogP contribution in [0.5, 0.6) is 0 Å². The molecule has 0 aliphatic carbocycles. The Morgan fingerprint density at radius 2 is 2.25 bits per heavy atom. The Labute approximate surface area is 76.6 Å². The summed E-state index contributed by atoms with van der Waals surface area (Å²) in [7, 11) is 0. The van der Waals surface area contributed by atoms with Gasteiger partial charge in [-0.05, 0) is 19.9 Å². The molecule has 1 N–H and O–H groups in total. The molecule has 1 aromatic heterocycles. The zero-order valence-corrected chi connectivity index (χ0v) is 7.78. The van der Waals surface area contributed by atoms with Crippen LogP contribution >= 0.6 is 11.6 Å². The zero-order valence-electron chi connectivity index (χ0n) is 7.03. The van der Waals surface area contributed by atoms with Gasteiger partial charge in [-0.1, -0.05) is 11.6 Å². The van der Waals surface area contributed by atoms with Crippen molar-refractivity contribution >= 4 is 17.3 Å². The number of hydrogen-bond acceptors (Lipinski definition) is 3. The standard InChI is InChI=1S/C8H11ClN2O/c1-6(2)11(12)7-3-4-10-8(9)5-7/h3-6,12H,1-2H3. The van der Waals surface area contributed by atoms with Crippen molar-refractivity contribution in [2.24, 2.45) is 0 Å². The molecule has 3 nitrogen and oxygen atoms in total. The zero-order chi connectivity index (χ0) is 9.14. The lowest BCUT2D eigenvalue weighted by molar-refractivity contribution is 0.229. The summed E-state index contributed by atoms with van der Waals surface area (Å²) in [5.74, 6) is 0. The van der Waals surface area contributed by atoms with Crippen LogP contribution in [-0.4, -0.2) is 16.2 Å². The highest BCUT2D eigenvalue weighted by Crippen LogP contribution is 2.17. The molecule has 0 saturated heterocycles. The van der Waals surface area contributed by atoms with E-state index in [2.05, 4.69) is 4.98 Å². The van der Waals surface area contributed by atoms with E-state index in [1.165, 1.54) is 0 Å². The van der Waals surface area contributed by atoms with Gasteiger partial charge in [0.15, 0.2) is 0 Å². The number of pyridine rings is 1. The van der Waals surface area contributed by atoms with Crippen molar-refractivity contribution in [1.29, 1.82) is 0 Å². The molecule has 0 aliphatic rings. The summed E-state index contributed by atoms with van der Waals surface area (Å²) in [5, 5.41) is 11.0. The molecule has 0 saturated carbocycles. The second kappa shape index (κ2) is 3.74. The third kappa shape index (κ3) is 2.09. The molecular weight excluding hydrogens is 176 g/mol. The molecule has 1 rings (SSSR count). The third-order valence-corrected chi connectivity index (χ3v) is 1.67. The minimum atomic E-state index is 0.0310. The summed E-state index contributed by atoms with van der Waals surface area (Å²) >= 11 is 5.64. The van der Waals surface area contributed by atoms with E-state index in [-0.39, 0.29) is 6.04 Å². The highest BCUT2D eigenvalue weighted by molar-refractivity contribution is 6.29. The Hall–Kier alpha value is -0.800. The molecule has 0 radical (unpaired) electrons. The highest BCUT2D eigenvalue weighted by Gasteiger charge is 2.06. The van der Waals surface area contributed by atoms with Crippen molar-refractivity contribution in [2.45, 2.75) is 19.9 Å². The summed E-state index contributed by atoms with van der Waals surface area (Å²) in [6.07, 6.45) is 1.56. The van der Waals surface area contributed by atoms with E-state index in [1.54, 1.807) is 18.3 Å². The van der Waals surface area contributed by atoms with Crippen LogP contribution in [0.2, 0.25) is 5.15 Å². The second-order valence-corrected chi connectivity index (χ2v) is 3.16.